The number of hydrogen-bond acceptors (Lipinski definition) is 4. The topological polar surface area (TPSA) is 47.9 Å². The van der Waals surface area contributed by atoms with Crippen molar-refractivity contribution in [2.24, 2.45) is 11.8 Å². The number of fused-ring (bicyclic) bond motifs is 2. The second-order valence-corrected chi connectivity index (χ2v) is 14.1. The van der Waals surface area contributed by atoms with Gasteiger partial charge in [0, 0.05) is 5.92 Å². The van der Waals surface area contributed by atoms with Gasteiger partial charge < -0.3 is 19.0 Å². The molecule has 142 valence electrons. The number of rotatable bonds is 3. The van der Waals surface area contributed by atoms with Crippen molar-refractivity contribution in [3.8, 4) is 0 Å². The summed E-state index contributed by atoms with van der Waals surface area (Å²) < 4.78 is 19.0. The van der Waals surface area contributed by atoms with Gasteiger partial charge in [0.15, 0.2) is 14.6 Å². The summed E-state index contributed by atoms with van der Waals surface area (Å²) in [4.78, 5) is 0. The van der Waals surface area contributed by atoms with E-state index in [9.17, 15) is 5.11 Å². The molecule has 0 aliphatic carbocycles. The smallest absolute Gasteiger partial charge is 0.195 e. The molecule has 1 fully saturated rings. The maximum Gasteiger partial charge on any atom is 0.195 e. The van der Waals surface area contributed by atoms with Crippen LogP contribution in [-0.2, 0) is 13.9 Å². The van der Waals surface area contributed by atoms with Crippen molar-refractivity contribution in [2.75, 3.05) is 0 Å². The fourth-order valence-electron chi connectivity index (χ4n) is 3.93. The van der Waals surface area contributed by atoms with Crippen LogP contribution in [0.1, 0.15) is 40.5 Å². The maximum atomic E-state index is 10.6. The molecule has 3 heterocycles. The molecule has 3 aliphatic heterocycles. The summed E-state index contributed by atoms with van der Waals surface area (Å²) in [5, 5.41) is 10.7. The van der Waals surface area contributed by atoms with Crippen molar-refractivity contribution >= 4 is 8.32 Å². The Morgan fingerprint density at radius 2 is 1.68 bits per heavy atom. The molecule has 3 rings (SSSR count). The summed E-state index contributed by atoms with van der Waals surface area (Å²) in [5.41, 5.74) is 0. The van der Waals surface area contributed by atoms with Gasteiger partial charge in [0.2, 0.25) is 0 Å². The van der Waals surface area contributed by atoms with Crippen LogP contribution in [-0.4, -0.2) is 44.1 Å². The molecular formula is C20H34O4Si. The zero-order chi connectivity index (χ0) is 18.4. The summed E-state index contributed by atoms with van der Waals surface area (Å²) in [6.45, 7) is 13.4. The minimum atomic E-state index is -1.94. The Labute approximate surface area is 153 Å². The van der Waals surface area contributed by atoms with Gasteiger partial charge in [-0.25, -0.2) is 0 Å². The third-order valence-corrected chi connectivity index (χ3v) is 11.0. The SMILES string of the molecule is C[C@H]1[C@@H]([C@H]2O[C@@H](O[Si](C)(C)C(C)(C)C)C=C[C@H]2O)[C@@H]2CC=CC[C@H]1O2. The average Bonchev–Trinajstić information content (AvgIpc) is 2.68. The third-order valence-electron chi connectivity index (χ3n) is 6.57. The molecule has 2 bridgehead atoms. The molecule has 0 saturated carbocycles. The number of ether oxygens (including phenoxy) is 2. The van der Waals surface area contributed by atoms with E-state index in [2.05, 4.69) is 52.9 Å². The van der Waals surface area contributed by atoms with Gasteiger partial charge in [-0.05, 0) is 43.0 Å². The van der Waals surface area contributed by atoms with E-state index in [0.29, 0.717) is 5.92 Å². The fraction of sp³-hybridized carbons (Fsp3) is 0.800. The Kier molecular flexibility index (Phi) is 5.35. The van der Waals surface area contributed by atoms with Crippen LogP contribution >= 0.6 is 0 Å². The second-order valence-electron chi connectivity index (χ2n) is 9.32. The van der Waals surface area contributed by atoms with E-state index in [1.165, 1.54) is 0 Å². The van der Waals surface area contributed by atoms with Crippen LogP contribution in [0.5, 0.6) is 0 Å². The monoisotopic (exact) mass is 366 g/mol. The van der Waals surface area contributed by atoms with Crippen molar-refractivity contribution < 1.29 is 19.0 Å². The first-order valence-electron chi connectivity index (χ1n) is 9.60. The van der Waals surface area contributed by atoms with Crippen LogP contribution in [0, 0.1) is 11.8 Å². The summed E-state index contributed by atoms with van der Waals surface area (Å²) in [6.07, 6.45) is 9.12. The zero-order valence-corrected chi connectivity index (χ0v) is 17.4. The number of hydrogen-bond donors (Lipinski definition) is 1. The molecule has 25 heavy (non-hydrogen) atoms. The highest BCUT2D eigenvalue weighted by Crippen LogP contribution is 2.44. The lowest BCUT2D eigenvalue weighted by molar-refractivity contribution is -0.163. The van der Waals surface area contributed by atoms with E-state index in [1.54, 1.807) is 0 Å². The van der Waals surface area contributed by atoms with Crippen molar-refractivity contribution in [3.63, 3.8) is 0 Å². The number of aliphatic hydroxyl groups excluding tert-OH is 1. The van der Waals surface area contributed by atoms with E-state index in [-0.39, 0.29) is 35.6 Å². The lowest BCUT2D eigenvalue weighted by Crippen LogP contribution is -2.50. The quantitative estimate of drug-likeness (QED) is 0.605. The minimum Gasteiger partial charge on any atom is -0.389 e. The van der Waals surface area contributed by atoms with E-state index >= 15 is 0 Å². The summed E-state index contributed by atoms with van der Waals surface area (Å²) in [6, 6.07) is 0. The minimum absolute atomic E-state index is 0.124. The van der Waals surface area contributed by atoms with Crippen molar-refractivity contribution in [2.45, 2.75) is 89.4 Å². The van der Waals surface area contributed by atoms with Gasteiger partial charge in [-0.15, -0.1) is 0 Å². The van der Waals surface area contributed by atoms with Crippen LogP contribution in [0.25, 0.3) is 0 Å². The summed E-state index contributed by atoms with van der Waals surface area (Å²) in [5.74, 6) is 0.565. The zero-order valence-electron chi connectivity index (χ0n) is 16.4. The second kappa shape index (κ2) is 6.93. The highest BCUT2D eigenvalue weighted by molar-refractivity contribution is 6.74. The lowest BCUT2D eigenvalue weighted by atomic mass is 9.79. The average molecular weight is 367 g/mol. The first kappa shape index (κ1) is 19.3. The molecule has 0 unspecified atom stereocenters. The molecule has 5 heteroatoms. The summed E-state index contributed by atoms with van der Waals surface area (Å²) in [7, 11) is -1.94. The van der Waals surface area contributed by atoms with E-state index in [1.807, 2.05) is 12.2 Å². The van der Waals surface area contributed by atoms with E-state index in [4.69, 9.17) is 13.9 Å². The van der Waals surface area contributed by atoms with Crippen molar-refractivity contribution in [3.05, 3.63) is 24.3 Å². The van der Waals surface area contributed by atoms with Gasteiger partial charge in [-0.1, -0.05) is 45.9 Å². The Balaban J connectivity index is 1.75. The maximum absolute atomic E-state index is 10.6. The molecule has 0 aromatic carbocycles. The molecule has 0 aromatic heterocycles. The molecule has 4 nitrogen and oxygen atoms in total. The molecule has 0 amide bonds. The van der Waals surface area contributed by atoms with Gasteiger partial charge in [0.05, 0.1) is 24.4 Å². The Morgan fingerprint density at radius 3 is 2.32 bits per heavy atom. The molecule has 1 saturated heterocycles. The van der Waals surface area contributed by atoms with Crippen LogP contribution in [0.15, 0.2) is 24.3 Å². The Morgan fingerprint density at radius 1 is 1.04 bits per heavy atom. The van der Waals surface area contributed by atoms with Crippen LogP contribution in [0.4, 0.5) is 0 Å². The first-order valence-corrected chi connectivity index (χ1v) is 12.5. The van der Waals surface area contributed by atoms with Gasteiger partial charge in [-0.3, -0.25) is 0 Å². The molecule has 0 aromatic rings. The lowest BCUT2D eigenvalue weighted by Gasteiger charge is -2.42. The molecule has 3 aliphatic rings. The molecule has 0 spiro atoms. The Hall–Kier alpha value is -0.463. The van der Waals surface area contributed by atoms with Crippen LogP contribution in [0.2, 0.25) is 18.1 Å². The van der Waals surface area contributed by atoms with Crippen molar-refractivity contribution in [1.29, 1.82) is 0 Å². The predicted octanol–water partition coefficient (Wildman–Crippen LogP) is 4.02. The van der Waals surface area contributed by atoms with E-state index in [0.717, 1.165) is 12.8 Å². The van der Waals surface area contributed by atoms with Crippen LogP contribution in [0.3, 0.4) is 0 Å². The van der Waals surface area contributed by atoms with Gasteiger partial charge >= 0.3 is 0 Å². The normalized spacial score (nSPS) is 41.8. The Bertz CT molecular complexity index is 536. The highest BCUT2D eigenvalue weighted by Gasteiger charge is 2.49. The molecule has 7 atom stereocenters. The van der Waals surface area contributed by atoms with Gasteiger partial charge in [0.1, 0.15) is 0 Å². The molecule has 0 radical (unpaired) electrons. The third kappa shape index (κ3) is 3.81. The first-order chi connectivity index (χ1) is 11.6. The highest BCUT2D eigenvalue weighted by atomic mass is 28.4. The largest absolute Gasteiger partial charge is 0.389 e. The van der Waals surface area contributed by atoms with Gasteiger partial charge in [-0.2, -0.15) is 0 Å². The van der Waals surface area contributed by atoms with Gasteiger partial charge in [0.25, 0.3) is 0 Å². The molecule has 1 N–H and O–H groups in total. The van der Waals surface area contributed by atoms with E-state index < -0.39 is 14.4 Å². The number of aliphatic hydroxyl groups is 1. The standard InChI is InChI=1S/C20H34O4Si/c1-13-15-9-7-8-10-16(22-15)18(13)19-14(21)11-12-17(23-19)24-25(5,6)20(2,3)4/h7-8,11-19,21H,9-10H2,1-6H3/t13-,14-,15-,16+,17+,18-,19+/m1/s1. The van der Waals surface area contributed by atoms with Crippen molar-refractivity contribution in [1.82, 2.24) is 0 Å². The summed E-state index contributed by atoms with van der Waals surface area (Å²) >= 11 is 0. The fourth-order valence-corrected chi connectivity index (χ4v) is 5.00. The predicted molar refractivity (Wildman–Crippen MR) is 102 cm³/mol. The molecular weight excluding hydrogens is 332 g/mol. The van der Waals surface area contributed by atoms with Crippen LogP contribution < -0.4 is 0 Å².